The zero-order valence-corrected chi connectivity index (χ0v) is 7.18. The Hall–Kier alpha value is -2.17. The fourth-order valence-corrected chi connectivity index (χ4v) is 0.840. The SMILES string of the molecule is NC(=O)C=Cc1cc(C(=O)O)ccn1. The van der Waals surface area contributed by atoms with Gasteiger partial charge in [-0.05, 0) is 18.2 Å². The number of carbonyl (C=O) groups excluding carboxylic acids is 1. The van der Waals surface area contributed by atoms with E-state index >= 15 is 0 Å². The first-order chi connectivity index (χ1) is 6.59. The number of primary amides is 1. The lowest BCUT2D eigenvalue weighted by Crippen LogP contribution is -2.05. The van der Waals surface area contributed by atoms with Gasteiger partial charge < -0.3 is 10.8 Å². The molecule has 0 unspecified atom stereocenters. The second-order valence-corrected chi connectivity index (χ2v) is 2.51. The predicted octanol–water partition coefficient (Wildman–Crippen LogP) is 0.278. The van der Waals surface area contributed by atoms with Crippen molar-refractivity contribution in [2.45, 2.75) is 0 Å². The van der Waals surface area contributed by atoms with Crippen LogP contribution in [0.4, 0.5) is 0 Å². The average Bonchev–Trinajstić information content (AvgIpc) is 2.15. The molecule has 1 heterocycles. The van der Waals surface area contributed by atoms with Gasteiger partial charge in [0.25, 0.3) is 0 Å². The lowest BCUT2D eigenvalue weighted by molar-refractivity contribution is -0.113. The number of nitrogens with two attached hydrogens (primary N) is 1. The molecular weight excluding hydrogens is 184 g/mol. The fourth-order valence-electron chi connectivity index (χ4n) is 0.840. The molecule has 1 aromatic rings. The largest absolute Gasteiger partial charge is 0.478 e. The summed E-state index contributed by atoms with van der Waals surface area (Å²) < 4.78 is 0. The molecule has 0 atom stereocenters. The lowest BCUT2D eigenvalue weighted by Gasteiger charge is -1.94. The van der Waals surface area contributed by atoms with Crippen LogP contribution in [-0.4, -0.2) is 22.0 Å². The van der Waals surface area contributed by atoms with E-state index in [1.54, 1.807) is 0 Å². The van der Waals surface area contributed by atoms with E-state index in [0.29, 0.717) is 5.69 Å². The minimum Gasteiger partial charge on any atom is -0.478 e. The fraction of sp³-hybridized carbons (Fsp3) is 0. The summed E-state index contributed by atoms with van der Waals surface area (Å²) in [6.45, 7) is 0. The number of carbonyl (C=O) groups is 2. The summed E-state index contributed by atoms with van der Waals surface area (Å²) in [4.78, 5) is 24.8. The highest BCUT2D eigenvalue weighted by Crippen LogP contribution is 2.03. The third kappa shape index (κ3) is 2.71. The first-order valence-corrected chi connectivity index (χ1v) is 3.76. The summed E-state index contributed by atoms with van der Waals surface area (Å²) in [5.74, 6) is -1.64. The van der Waals surface area contributed by atoms with Gasteiger partial charge in [0.05, 0.1) is 11.3 Å². The van der Waals surface area contributed by atoms with Gasteiger partial charge in [0.1, 0.15) is 0 Å². The monoisotopic (exact) mass is 192 g/mol. The predicted molar refractivity (Wildman–Crippen MR) is 49.4 cm³/mol. The number of amides is 1. The zero-order valence-electron chi connectivity index (χ0n) is 7.18. The zero-order chi connectivity index (χ0) is 10.6. The molecule has 1 amide bonds. The van der Waals surface area contributed by atoms with Gasteiger partial charge in [0.2, 0.25) is 5.91 Å². The van der Waals surface area contributed by atoms with E-state index in [9.17, 15) is 9.59 Å². The van der Waals surface area contributed by atoms with Crippen LogP contribution in [0.3, 0.4) is 0 Å². The number of nitrogens with zero attached hydrogens (tertiary/aromatic N) is 1. The summed E-state index contributed by atoms with van der Waals surface area (Å²) in [6, 6.07) is 2.71. The number of aromatic carboxylic acids is 1. The minimum absolute atomic E-state index is 0.115. The number of carboxylic acid groups (broad SMARTS) is 1. The van der Waals surface area contributed by atoms with Crippen molar-refractivity contribution in [3.63, 3.8) is 0 Å². The molecule has 3 N–H and O–H groups in total. The third-order valence-electron chi connectivity index (χ3n) is 1.45. The van der Waals surface area contributed by atoms with Crippen LogP contribution in [0.1, 0.15) is 16.1 Å². The van der Waals surface area contributed by atoms with Crippen LogP contribution < -0.4 is 5.73 Å². The summed E-state index contributed by atoms with van der Waals surface area (Å²) in [7, 11) is 0. The molecule has 0 aliphatic carbocycles. The second-order valence-electron chi connectivity index (χ2n) is 2.51. The van der Waals surface area contributed by atoms with Crippen molar-refractivity contribution in [2.75, 3.05) is 0 Å². The van der Waals surface area contributed by atoms with E-state index in [4.69, 9.17) is 10.8 Å². The molecule has 0 bridgehead atoms. The normalized spacial score (nSPS) is 10.3. The van der Waals surface area contributed by atoms with Gasteiger partial charge in [-0.1, -0.05) is 0 Å². The van der Waals surface area contributed by atoms with Gasteiger partial charge in [-0.2, -0.15) is 0 Å². The van der Waals surface area contributed by atoms with Crippen LogP contribution in [0, 0.1) is 0 Å². The Bertz CT molecular complexity index is 399. The molecule has 5 heteroatoms. The second kappa shape index (κ2) is 4.18. The highest BCUT2D eigenvalue weighted by molar-refractivity contribution is 5.91. The highest BCUT2D eigenvalue weighted by atomic mass is 16.4. The Morgan fingerprint density at radius 3 is 2.79 bits per heavy atom. The minimum atomic E-state index is -1.04. The molecule has 0 fully saturated rings. The molecule has 0 aromatic carbocycles. The third-order valence-corrected chi connectivity index (χ3v) is 1.45. The van der Waals surface area contributed by atoms with Gasteiger partial charge in [0.15, 0.2) is 0 Å². The van der Waals surface area contributed by atoms with Crippen molar-refractivity contribution < 1.29 is 14.7 Å². The molecular formula is C9H8N2O3. The van der Waals surface area contributed by atoms with E-state index in [0.717, 1.165) is 6.08 Å². The molecule has 0 spiro atoms. The average molecular weight is 192 g/mol. The Balaban J connectivity index is 2.94. The maximum atomic E-state index is 10.5. The van der Waals surface area contributed by atoms with Crippen LogP contribution in [-0.2, 0) is 4.79 Å². The van der Waals surface area contributed by atoms with Crippen LogP contribution in [0.25, 0.3) is 6.08 Å². The van der Waals surface area contributed by atoms with E-state index in [2.05, 4.69) is 4.98 Å². The van der Waals surface area contributed by atoms with Crippen LogP contribution in [0.15, 0.2) is 24.4 Å². The maximum absolute atomic E-state index is 10.5. The first-order valence-electron chi connectivity index (χ1n) is 3.76. The van der Waals surface area contributed by atoms with Crippen molar-refractivity contribution in [1.82, 2.24) is 4.98 Å². The standard InChI is InChI=1S/C9H8N2O3/c10-8(12)2-1-7-5-6(9(13)14)3-4-11-7/h1-5H,(H2,10,12)(H,13,14). The maximum Gasteiger partial charge on any atom is 0.335 e. The number of rotatable bonds is 3. The van der Waals surface area contributed by atoms with Gasteiger partial charge in [-0.3, -0.25) is 9.78 Å². The van der Waals surface area contributed by atoms with Crippen LogP contribution in [0.5, 0.6) is 0 Å². The van der Waals surface area contributed by atoms with Gasteiger partial charge in [0, 0.05) is 12.3 Å². The Morgan fingerprint density at radius 1 is 1.50 bits per heavy atom. The number of carboxylic acids is 1. The van der Waals surface area contributed by atoms with Crippen molar-refractivity contribution >= 4 is 18.0 Å². The molecule has 0 radical (unpaired) electrons. The lowest BCUT2D eigenvalue weighted by atomic mass is 10.2. The number of aromatic nitrogens is 1. The Kier molecular flexibility index (Phi) is 2.96. The molecule has 5 nitrogen and oxygen atoms in total. The molecule has 1 rings (SSSR count). The summed E-state index contributed by atoms with van der Waals surface area (Å²) in [6.07, 6.45) is 3.83. The van der Waals surface area contributed by atoms with Crippen molar-refractivity contribution in [3.8, 4) is 0 Å². The topological polar surface area (TPSA) is 93.3 Å². The molecule has 1 aromatic heterocycles. The quantitative estimate of drug-likeness (QED) is 0.672. The highest BCUT2D eigenvalue weighted by Gasteiger charge is 2.01. The number of hydrogen-bond acceptors (Lipinski definition) is 3. The van der Waals surface area contributed by atoms with E-state index in [-0.39, 0.29) is 5.56 Å². The summed E-state index contributed by atoms with van der Waals surface area (Å²) >= 11 is 0. The molecule has 0 aliphatic rings. The van der Waals surface area contributed by atoms with Crippen LogP contribution >= 0.6 is 0 Å². The van der Waals surface area contributed by atoms with Gasteiger partial charge >= 0.3 is 5.97 Å². The smallest absolute Gasteiger partial charge is 0.335 e. The van der Waals surface area contributed by atoms with Crippen molar-refractivity contribution in [2.24, 2.45) is 5.73 Å². The number of pyridine rings is 1. The molecule has 72 valence electrons. The van der Waals surface area contributed by atoms with E-state index in [1.807, 2.05) is 0 Å². The Labute approximate surface area is 79.9 Å². The van der Waals surface area contributed by atoms with Gasteiger partial charge in [-0.25, -0.2) is 4.79 Å². The Morgan fingerprint density at radius 2 is 2.21 bits per heavy atom. The number of hydrogen-bond donors (Lipinski definition) is 2. The van der Waals surface area contributed by atoms with E-state index < -0.39 is 11.9 Å². The molecule has 0 saturated carbocycles. The molecule has 0 aliphatic heterocycles. The van der Waals surface area contributed by atoms with Crippen molar-refractivity contribution in [1.29, 1.82) is 0 Å². The van der Waals surface area contributed by atoms with E-state index in [1.165, 1.54) is 24.4 Å². The van der Waals surface area contributed by atoms with Gasteiger partial charge in [-0.15, -0.1) is 0 Å². The summed E-state index contributed by atoms with van der Waals surface area (Å²) in [5, 5.41) is 8.64. The molecule has 14 heavy (non-hydrogen) atoms. The first kappa shape index (κ1) is 9.91. The van der Waals surface area contributed by atoms with Crippen LogP contribution in [0.2, 0.25) is 0 Å². The molecule has 0 saturated heterocycles. The summed E-state index contributed by atoms with van der Waals surface area (Å²) in [5.41, 5.74) is 5.36. The van der Waals surface area contributed by atoms with Crippen molar-refractivity contribution in [3.05, 3.63) is 35.7 Å².